The van der Waals surface area contributed by atoms with Gasteiger partial charge in [-0.2, -0.15) is 0 Å². The molecule has 1 spiro atoms. The number of rotatable bonds is 8. The number of hydrogen-bond donors (Lipinski definition) is 4. The lowest BCUT2D eigenvalue weighted by Crippen LogP contribution is -2.60. The van der Waals surface area contributed by atoms with Crippen molar-refractivity contribution in [2.24, 2.45) is 40.1 Å². The third-order valence-corrected chi connectivity index (χ3v) is 10.7. The van der Waals surface area contributed by atoms with Gasteiger partial charge in [0.15, 0.2) is 0 Å². The van der Waals surface area contributed by atoms with Crippen molar-refractivity contribution in [3.8, 4) is 0 Å². The van der Waals surface area contributed by atoms with Gasteiger partial charge in [-0.25, -0.2) is 4.39 Å². The van der Waals surface area contributed by atoms with Gasteiger partial charge in [-0.15, -0.1) is 0 Å². The molecule has 0 aromatic rings. The molecule has 6 N–H and O–H groups in total. The maximum Gasteiger partial charge on any atom is 0.227 e. The molecule has 200 valence electrons. The maximum atomic E-state index is 15.1. The fourth-order valence-electron chi connectivity index (χ4n) is 8.72. The van der Waals surface area contributed by atoms with Gasteiger partial charge in [-0.3, -0.25) is 9.69 Å². The zero-order chi connectivity index (χ0) is 24.8. The molecule has 5 rings (SSSR count). The van der Waals surface area contributed by atoms with E-state index < -0.39 is 18.3 Å². The average Bonchev–Trinajstić information content (AvgIpc) is 3.27. The quantitative estimate of drug-likeness (QED) is 0.385. The lowest BCUT2D eigenvalue weighted by Gasteiger charge is -2.42. The van der Waals surface area contributed by atoms with Crippen LogP contribution >= 0.6 is 0 Å². The van der Waals surface area contributed by atoms with E-state index in [2.05, 4.69) is 34.4 Å². The molecule has 1 amide bonds. The molecule has 7 nitrogen and oxygen atoms in total. The lowest BCUT2D eigenvalue weighted by atomic mass is 9.76. The second kappa shape index (κ2) is 10.2. The number of hydrogen-bond acceptors (Lipinski definition) is 6. The number of carbonyl (C=O) groups is 1. The summed E-state index contributed by atoms with van der Waals surface area (Å²) < 4.78 is 15.1. The van der Waals surface area contributed by atoms with Crippen molar-refractivity contribution < 1.29 is 9.18 Å². The summed E-state index contributed by atoms with van der Waals surface area (Å²) in [5, 5.41) is 6.91. The standard InChI is InChI=1S/C27H49FN6O/c1-3-4-8-26-12-19(28)15-34-17-27(26,16-26)13-22(34)23(24(29)30)25(35)32-21-14-31-9-5-20(21)18-6-10-33(2)11-7-18/h18-24,31H,3-17,29-30H2,1-2H3,(H,32,35). The van der Waals surface area contributed by atoms with E-state index in [1.807, 2.05) is 0 Å². The summed E-state index contributed by atoms with van der Waals surface area (Å²) in [5.41, 5.74) is 12.9. The van der Waals surface area contributed by atoms with Crippen LogP contribution in [0.1, 0.15) is 64.7 Å². The second-order valence-corrected chi connectivity index (χ2v) is 12.9. The molecule has 5 aliphatic rings. The highest BCUT2D eigenvalue weighted by Gasteiger charge is 2.72. The van der Waals surface area contributed by atoms with E-state index in [9.17, 15) is 4.79 Å². The minimum Gasteiger partial charge on any atom is -0.351 e. The van der Waals surface area contributed by atoms with Crippen molar-refractivity contribution in [1.82, 2.24) is 20.4 Å². The minimum absolute atomic E-state index is 0.0190. The van der Waals surface area contributed by atoms with Gasteiger partial charge in [0.05, 0.1) is 12.1 Å². The SMILES string of the molecule is CCCCC12CC(F)CN3CC1(CC3C(C(=O)NC1CNCCC1C1CCN(C)CC1)C(N)N)C2. The number of likely N-dealkylation sites (tertiary alicyclic amines) is 1. The van der Waals surface area contributed by atoms with Crippen LogP contribution in [0.5, 0.6) is 0 Å². The Morgan fingerprint density at radius 2 is 2.00 bits per heavy atom. The van der Waals surface area contributed by atoms with Crippen LogP contribution in [0.25, 0.3) is 0 Å². The molecule has 8 heteroatoms. The first-order chi connectivity index (χ1) is 16.8. The van der Waals surface area contributed by atoms with Crippen LogP contribution in [0.2, 0.25) is 0 Å². The predicted octanol–water partition coefficient (Wildman–Crippen LogP) is 1.67. The van der Waals surface area contributed by atoms with E-state index in [1.165, 1.54) is 12.8 Å². The van der Waals surface area contributed by atoms with Crippen LogP contribution in [0.4, 0.5) is 4.39 Å². The fourth-order valence-corrected chi connectivity index (χ4v) is 8.72. The lowest BCUT2D eigenvalue weighted by molar-refractivity contribution is -0.129. The molecule has 4 aliphatic heterocycles. The van der Waals surface area contributed by atoms with Gasteiger partial charge in [0.2, 0.25) is 5.91 Å². The monoisotopic (exact) mass is 492 g/mol. The molecule has 35 heavy (non-hydrogen) atoms. The Morgan fingerprint density at radius 1 is 1.23 bits per heavy atom. The number of nitrogens with one attached hydrogen (secondary N) is 2. The number of halogens is 1. The fraction of sp³-hybridized carbons (Fsp3) is 0.963. The van der Waals surface area contributed by atoms with Gasteiger partial charge in [0.1, 0.15) is 6.17 Å². The summed E-state index contributed by atoms with van der Waals surface area (Å²) in [4.78, 5) is 18.5. The number of alkyl halides is 1. The van der Waals surface area contributed by atoms with Gasteiger partial charge in [0.25, 0.3) is 0 Å². The third-order valence-electron chi connectivity index (χ3n) is 10.7. The average molecular weight is 493 g/mol. The molecular formula is C27H49FN6O. The molecule has 4 heterocycles. The van der Waals surface area contributed by atoms with Crippen molar-refractivity contribution in [2.75, 3.05) is 46.3 Å². The molecule has 5 fully saturated rings. The zero-order valence-electron chi connectivity index (χ0n) is 22.0. The molecular weight excluding hydrogens is 443 g/mol. The number of nitrogens with two attached hydrogens (primary N) is 2. The number of fused-ring (bicyclic) bond motifs is 1. The van der Waals surface area contributed by atoms with Crippen molar-refractivity contribution in [2.45, 2.75) is 89.1 Å². The minimum atomic E-state index is -0.826. The number of piperidine rings is 2. The van der Waals surface area contributed by atoms with Crippen LogP contribution in [-0.2, 0) is 4.79 Å². The Hall–Kier alpha value is -0.800. The number of nitrogens with zero attached hydrogens (tertiary/aromatic N) is 2. The molecule has 4 saturated heterocycles. The number of amides is 1. The molecule has 1 aliphatic carbocycles. The second-order valence-electron chi connectivity index (χ2n) is 12.9. The summed E-state index contributed by atoms with van der Waals surface area (Å²) in [6, 6.07) is 0.0523. The van der Waals surface area contributed by atoms with E-state index >= 15 is 4.39 Å². The normalized spacial score (nSPS) is 43.0. The van der Waals surface area contributed by atoms with Gasteiger partial charge < -0.3 is 27.0 Å². The van der Waals surface area contributed by atoms with Gasteiger partial charge in [-0.1, -0.05) is 19.8 Å². The topological polar surface area (TPSA) is 99.7 Å². The van der Waals surface area contributed by atoms with Crippen LogP contribution < -0.4 is 22.1 Å². The van der Waals surface area contributed by atoms with Gasteiger partial charge in [0, 0.05) is 31.7 Å². The smallest absolute Gasteiger partial charge is 0.227 e. The highest BCUT2D eigenvalue weighted by molar-refractivity contribution is 5.80. The van der Waals surface area contributed by atoms with Crippen molar-refractivity contribution in [1.29, 1.82) is 0 Å². The first kappa shape index (κ1) is 25.8. The Bertz CT molecular complexity index is 760. The molecule has 8 atom stereocenters. The van der Waals surface area contributed by atoms with Crippen LogP contribution in [-0.4, -0.2) is 86.4 Å². The van der Waals surface area contributed by atoms with E-state index in [4.69, 9.17) is 11.5 Å². The molecule has 0 aromatic heterocycles. The Kier molecular flexibility index (Phi) is 7.50. The van der Waals surface area contributed by atoms with E-state index in [0.29, 0.717) is 24.8 Å². The Morgan fingerprint density at radius 3 is 2.71 bits per heavy atom. The Labute approximate surface area is 211 Å². The molecule has 2 bridgehead atoms. The van der Waals surface area contributed by atoms with Crippen molar-refractivity contribution in [3.63, 3.8) is 0 Å². The first-order valence-electron chi connectivity index (χ1n) is 14.4. The molecule has 0 radical (unpaired) electrons. The third kappa shape index (κ3) is 4.90. The highest BCUT2D eigenvalue weighted by atomic mass is 19.1. The Balaban J connectivity index is 1.29. The summed E-state index contributed by atoms with van der Waals surface area (Å²) >= 11 is 0. The van der Waals surface area contributed by atoms with Crippen LogP contribution in [0.15, 0.2) is 0 Å². The first-order valence-corrected chi connectivity index (χ1v) is 14.4. The summed E-state index contributed by atoms with van der Waals surface area (Å²) in [7, 11) is 2.19. The van der Waals surface area contributed by atoms with Crippen LogP contribution in [0.3, 0.4) is 0 Å². The molecule has 0 aromatic carbocycles. The summed E-state index contributed by atoms with van der Waals surface area (Å²) in [6.45, 7) is 7.62. The summed E-state index contributed by atoms with van der Waals surface area (Å²) in [6.07, 6.45) is 8.08. The predicted molar refractivity (Wildman–Crippen MR) is 137 cm³/mol. The van der Waals surface area contributed by atoms with E-state index in [0.717, 1.165) is 71.2 Å². The van der Waals surface area contributed by atoms with E-state index in [-0.39, 0.29) is 28.8 Å². The number of carbonyl (C=O) groups excluding carboxylic acids is 1. The van der Waals surface area contributed by atoms with Crippen molar-refractivity contribution in [3.05, 3.63) is 0 Å². The molecule has 8 unspecified atom stereocenters. The number of unbranched alkanes of at least 4 members (excludes halogenated alkanes) is 1. The zero-order valence-corrected chi connectivity index (χ0v) is 22.0. The van der Waals surface area contributed by atoms with Crippen molar-refractivity contribution >= 4 is 5.91 Å². The van der Waals surface area contributed by atoms with E-state index in [1.54, 1.807) is 0 Å². The van der Waals surface area contributed by atoms with Gasteiger partial charge in [-0.05, 0) is 94.3 Å². The highest BCUT2D eigenvalue weighted by Crippen LogP contribution is 2.75. The summed E-state index contributed by atoms with van der Waals surface area (Å²) in [5.74, 6) is 0.630. The maximum absolute atomic E-state index is 15.1. The largest absolute Gasteiger partial charge is 0.351 e. The van der Waals surface area contributed by atoms with Gasteiger partial charge >= 0.3 is 0 Å². The van der Waals surface area contributed by atoms with Crippen LogP contribution in [0, 0.1) is 28.6 Å². The molecule has 1 saturated carbocycles.